The number of hydrogen-bond donors (Lipinski definition) is 1. The van der Waals surface area contributed by atoms with Gasteiger partial charge in [-0.15, -0.1) is 0 Å². The molecule has 1 N–H and O–H groups in total. The fourth-order valence-corrected chi connectivity index (χ4v) is 5.24. The minimum atomic E-state index is -3.70. The quantitative estimate of drug-likeness (QED) is 0.542. The average molecular weight is 463 g/mol. The Hall–Kier alpha value is -3.25. The molecule has 2 aromatic heterocycles. The van der Waals surface area contributed by atoms with E-state index < -0.39 is 27.2 Å². The van der Waals surface area contributed by atoms with E-state index in [1.165, 1.54) is 39.9 Å². The molecule has 0 aliphatic rings. The summed E-state index contributed by atoms with van der Waals surface area (Å²) in [6.45, 7) is 5.64. The number of aryl methyl sites for hydroxylation is 2. The first-order valence-electron chi connectivity index (χ1n) is 10.0. The predicted molar refractivity (Wildman–Crippen MR) is 120 cm³/mol. The number of fused-ring (bicyclic) bond motifs is 1. The Balaban J connectivity index is 1.91. The smallest absolute Gasteiger partial charge is 0.324 e. The number of carbonyl (C=O) groups is 1. The molecular weight excluding hydrogens is 436 g/mol. The second-order valence-corrected chi connectivity index (χ2v) is 9.27. The lowest BCUT2D eigenvalue weighted by Crippen LogP contribution is -2.37. The SMILES string of the molecule is CCN(CC)S(=O)(=O)c1cc(NC(=O)Cn2cnc3c2c(=O)n(C)c(=O)n3C)ccc1C. The molecule has 172 valence electrons. The summed E-state index contributed by atoms with van der Waals surface area (Å²) in [5, 5.41) is 2.67. The highest BCUT2D eigenvalue weighted by molar-refractivity contribution is 7.89. The molecule has 1 amide bonds. The summed E-state index contributed by atoms with van der Waals surface area (Å²) in [7, 11) is -0.853. The summed E-state index contributed by atoms with van der Waals surface area (Å²) >= 11 is 0. The molecule has 1 aromatic carbocycles. The Morgan fingerprint density at radius 2 is 1.78 bits per heavy atom. The lowest BCUT2D eigenvalue weighted by molar-refractivity contribution is -0.116. The molecule has 0 unspecified atom stereocenters. The zero-order chi connectivity index (χ0) is 23.8. The number of sulfonamides is 1. The molecule has 32 heavy (non-hydrogen) atoms. The summed E-state index contributed by atoms with van der Waals surface area (Å²) in [5.74, 6) is -0.477. The first-order valence-corrected chi connectivity index (χ1v) is 11.5. The zero-order valence-corrected chi connectivity index (χ0v) is 19.4. The van der Waals surface area contributed by atoms with E-state index in [1.54, 1.807) is 32.9 Å². The number of amides is 1. The van der Waals surface area contributed by atoms with E-state index in [9.17, 15) is 22.8 Å². The van der Waals surface area contributed by atoms with Crippen molar-refractivity contribution >= 4 is 32.8 Å². The number of hydrogen-bond acceptors (Lipinski definition) is 6. The highest BCUT2D eigenvalue weighted by atomic mass is 32.2. The number of rotatable bonds is 7. The monoisotopic (exact) mass is 462 g/mol. The number of aromatic nitrogens is 4. The maximum atomic E-state index is 12.9. The second-order valence-electron chi connectivity index (χ2n) is 7.37. The van der Waals surface area contributed by atoms with E-state index in [1.807, 2.05) is 0 Å². The van der Waals surface area contributed by atoms with Gasteiger partial charge in [-0.25, -0.2) is 18.2 Å². The van der Waals surface area contributed by atoms with Gasteiger partial charge in [-0.2, -0.15) is 4.31 Å². The topological polar surface area (TPSA) is 128 Å². The maximum Gasteiger partial charge on any atom is 0.332 e. The van der Waals surface area contributed by atoms with E-state index in [4.69, 9.17) is 0 Å². The number of imidazole rings is 1. The van der Waals surface area contributed by atoms with Gasteiger partial charge in [0.25, 0.3) is 5.56 Å². The first kappa shape index (κ1) is 23.4. The van der Waals surface area contributed by atoms with Crippen molar-refractivity contribution in [2.75, 3.05) is 18.4 Å². The predicted octanol–water partition coefficient (Wildman–Crippen LogP) is 0.411. The fourth-order valence-electron chi connectivity index (χ4n) is 3.53. The van der Waals surface area contributed by atoms with Crippen molar-refractivity contribution in [3.05, 3.63) is 50.9 Å². The van der Waals surface area contributed by atoms with E-state index >= 15 is 0 Å². The third-order valence-corrected chi connectivity index (χ3v) is 7.52. The lowest BCUT2D eigenvalue weighted by atomic mass is 10.2. The first-order chi connectivity index (χ1) is 15.0. The van der Waals surface area contributed by atoms with Crippen LogP contribution in [0.15, 0.2) is 39.0 Å². The Morgan fingerprint density at radius 1 is 1.12 bits per heavy atom. The molecule has 0 fully saturated rings. The van der Waals surface area contributed by atoms with Crippen molar-refractivity contribution in [3.8, 4) is 0 Å². The molecule has 0 spiro atoms. The third kappa shape index (κ3) is 3.98. The van der Waals surface area contributed by atoms with Crippen LogP contribution in [0.1, 0.15) is 19.4 Å². The molecule has 0 aliphatic carbocycles. The highest BCUT2D eigenvalue weighted by Crippen LogP contribution is 2.23. The van der Waals surface area contributed by atoms with Crippen LogP contribution in [0.25, 0.3) is 11.2 Å². The molecule has 0 saturated heterocycles. The Labute approximate surface area is 185 Å². The zero-order valence-electron chi connectivity index (χ0n) is 18.6. The van der Waals surface area contributed by atoms with Crippen LogP contribution in [0, 0.1) is 6.92 Å². The fraction of sp³-hybridized carbons (Fsp3) is 0.400. The number of nitrogens with one attached hydrogen (secondary N) is 1. The summed E-state index contributed by atoms with van der Waals surface area (Å²) in [5.41, 5.74) is 0.110. The van der Waals surface area contributed by atoms with Crippen molar-refractivity contribution in [3.63, 3.8) is 0 Å². The normalized spacial score (nSPS) is 11.9. The van der Waals surface area contributed by atoms with E-state index in [0.29, 0.717) is 24.3 Å². The summed E-state index contributed by atoms with van der Waals surface area (Å²) in [4.78, 5) is 41.4. The van der Waals surface area contributed by atoms with Crippen LogP contribution in [-0.2, 0) is 35.5 Å². The molecule has 0 bridgehead atoms. The van der Waals surface area contributed by atoms with Crippen LogP contribution in [0.2, 0.25) is 0 Å². The lowest BCUT2D eigenvalue weighted by Gasteiger charge is -2.20. The minimum absolute atomic E-state index is 0.121. The van der Waals surface area contributed by atoms with Gasteiger partial charge in [0.05, 0.1) is 11.2 Å². The molecule has 11 nitrogen and oxygen atoms in total. The van der Waals surface area contributed by atoms with Crippen LogP contribution >= 0.6 is 0 Å². The van der Waals surface area contributed by atoms with Crippen LogP contribution in [0.4, 0.5) is 5.69 Å². The van der Waals surface area contributed by atoms with Gasteiger partial charge in [-0.1, -0.05) is 19.9 Å². The van der Waals surface area contributed by atoms with Gasteiger partial charge in [0.15, 0.2) is 11.2 Å². The van der Waals surface area contributed by atoms with E-state index in [-0.39, 0.29) is 22.6 Å². The van der Waals surface area contributed by atoms with Gasteiger partial charge < -0.3 is 9.88 Å². The highest BCUT2D eigenvalue weighted by Gasteiger charge is 2.24. The van der Waals surface area contributed by atoms with Crippen molar-refractivity contribution in [1.29, 1.82) is 0 Å². The number of nitrogens with zero attached hydrogens (tertiary/aromatic N) is 5. The van der Waals surface area contributed by atoms with Crippen molar-refractivity contribution in [1.82, 2.24) is 23.0 Å². The number of carbonyl (C=O) groups excluding carboxylic acids is 1. The maximum absolute atomic E-state index is 12.9. The molecule has 0 saturated carbocycles. The van der Waals surface area contributed by atoms with E-state index in [2.05, 4.69) is 10.3 Å². The molecule has 0 aliphatic heterocycles. The Morgan fingerprint density at radius 3 is 2.41 bits per heavy atom. The number of benzene rings is 1. The van der Waals surface area contributed by atoms with Crippen molar-refractivity contribution in [2.45, 2.75) is 32.2 Å². The second kappa shape index (κ2) is 8.71. The van der Waals surface area contributed by atoms with Gasteiger partial charge in [-0.05, 0) is 24.6 Å². The standard InChI is InChI=1S/C20H26N6O5S/c1-6-26(7-2)32(30,31)15-10-14(9-8-13(15)3)22-16(27)11-25-12-21-18-17(25)19(28)24(5)20(29)23(18)4/h8-10,12H,6-7,11H2,1-5H3,(H,22,27). The summed E-state index contributed by atoms with van der Waals surface area (Å²) < 4.78 is 30.7. The van der Waals surface area contributed by atoms with Crippen molar-refractivity contribution < 1.29 is 13.2 Å². The largest absolute Gasteiger partial charge is 0.332 e. The molecule has 0 radical (unpaired) electrons. The van der Waals surface area contributed by atoms with E-state index in [0.717, 1.165) is 4.57 Å². The van der Waals surface area contributed by atoms with Gasteiger partial charge in [0, 0.05) is 32.9 Å². The van der Waals surface area contributed by atoms with Crippen LogP contribution < -0.4 is 16.6 Å². The van der Waals surface area contributed by atoms with Crippen LogP contribution in [0.3, 0.4) is 0 Å². The molecule has 3 aromatic rings. The summed E-state index contributed by atoms with van der Waals surface area (Å²) in [6.07, 6.45) is 1.32. The Bertz CT molecular complexity index is 1410. The number of anilines is 1. The molecular formula is C20H26N6O5S. The van der Waals surface area contributed by atoms with Crippen LogP contribution in [-0.4, -0.2) is 50.4 Å². The third-order valence-electron chi connectivity index (χ3n) is 5.33. The van der Waals surface area contributed by atoms with Gasteiger partial charge in [-0.3, -0.25) is 18.7 Å². The average Bonchev–Trinajstić information content (AvgIpc) is 3.16. The Kier molecular flexibility index (Phi) is 6.37. The van der Waals surface area contributed by atoms with Gasteiger partial charge in [0.2, 0.25) is 15.9 Å². The molecule has 2 heterocycles. The van der Waals surface area contributed by atoms with Gasteiger partial charge >= 0.3 is 5.69 Å². The van der Waals surface area contributed by atoms with Crippen molar-refractivity contribution in [2.24, 2.45) is 14.1 Å². The molecule has 12 heteroatoms. The minimum Gasteiger partial charge on any atom is -0.324 e. The van der Waals surface area contributed by atoms with Crippen LogP contribution in [0.5, 0.6) is 0 Å². The summed E-state index contributed by atoms with van der Waals surface area (Å²) in [6, 6.07) is 4.67. The van der Waals surface area contributed by atoms with Gasteiger partial charge in [0.1, 0.15) is 6.54 Å². The molecule has 3 rings (SSSR count). The molecule has 0 atom stereocenters.